The second kappa shape index (κ2) is 4.31. The molecule has 1 atom stereocenters. The van der Waals surface area contributed by atoms with Crippen molar-refractivity contribution in [2.24, 2.45) is 5.73 Å². The number of benzene rings is 1. The summed E-state index contributed by atoms with van der Waals surface area (Å²) in [6.07, 6.45) is -4.21. The van der Waals surface area contributed by atoms with Gasteiger partial charge in [0.2, 0.25) is 0 Å². The van der Waals surface area contributed by atoms with Gasteiger partial charge in [0, 0.05) is 0 Å². The minimum Gasteiger partial charge on any atom is -0.406 e. The van der Waals surface area contributed by atoms with Crippen LogP contribution in [0.3, 0.4) is 0 Å². The standard InChI is InChI=1S/C9H8F3NO2/c10-9(11,12)15-7-3-1-6(2-4-7)8(13)5-14/h1-5,8H,13H2. The molecular weight excluding hydrogens is 211 g/mol. The molecule has 0 amide bonds. The summed E-state index contributed by atoms with van der Waals surface area (Å²) in [6.45, 7) is 0. The number of carbonyl (C=O) groups excluding carboxylic acids is 1. The minimum absolute atomic E-state index is 0.343. The molecule has 1 rings (SSSR count). The molecular formula is C9H8F3NO2. The number of carbonyl (C=O) groups is 1. The van der Waals surface area contributed by atoms with Crippen LogP contribution in [-0.4, -0.2) is 12.6 Å². The van der Waals surface area contributed by atoms with Crippen LogP contribution in [0, 0.1) is 0 Å². The van der Waals surface area contributed by atoms with E-state index in [2.05, 4.69) is 4.74 Å². The number of halogens is 3. The molecule has 82 valence electrons. The maximum Gasteiger partial charge on any atom is 0.573 e. The molecule has 6 heteroatoms. The summed E-state index contributed by atoms with van der Waals surface area (Å²) in [5, 5.41) is 0. The van der Waals surface area contributed by atoms with E-state index in [9.17, 15) is 18.0 Å². The van der Waals surface area contributed by atoms with E-state index in [4.69, 9.17) is 5.73 Å². The minimum atomic E-state index is -4.71. The molecule has 1 aromatic rings. The Labute approximate surface area is 83.6 Å². The number of nitrogens with two attached hydrogens (primary N) is 1. The van der Waals surface area contributed by atoms with Gasteiger partial charge in [0.1, 0.15) is 12.0 Å². The van der Waals surface area contributed by atoms with Gasteiger partial charge in [0.25, 0.3) is 0 Å². The highest BCUT2D eigenvalue weighted by Gasteiger charge is 2.30. The molecule has 0 heterocycles. The van der Waals surface area contributed by atoms with Crippen molar-refractivity contribution in [2.45, 2.75) is 12.4 Å². The summed E-state index contributed by atoms with van der Waals surface area (Å²) >= 11 is 0. The van der Waals surface area contributed by atoms with E-state index < -0.39 is 12.4 Å². The Bertz CT molecular complexity index is 334. The van der Waals surface area contributed by atoms with Gasteiger partial charge in [-0.1, -0.05) is 12.1 Å². The van der Waals surface area contributed by atoms with Crippen LogP contribution in [0.5, 0.6) is 5.75 Å². The van der Waals surface area contributed by atoms with Gasteiger partial charge in [0.15, 0.2) is 0 Å². The van der Waals surface area contributed by atoms with Crippen molar-refractivity contribution in [1.29, 1.82) is 0 Å². The van der Waals surface area contributed by atoms with Gasteiger partial charge in [-0.15, -0.1) is 13.2 Å². The molecule has 0 spiro atoms. The summed E-state index contributed by atoms with van der Waals surface area (Å²) in [6, 6.07) is 3.99. The van der Waals surface area contributed by atoms with Crippen molar-refractivity contribution >= 4 is 6.29 Å². The number of aldehydes is 1. The molecule has 1 aromatic carbocycles. The fourth-order valence-electron chi connectivity index (χ4n) is 0.970. The van der Waals surface area contributed by atoms with Gasteiger partial charge in [0.05, 0.1) is 6.04 Å². The van der Waals surface area contributed by atoms with Crippen molar-refractivity contribution < 1.29 is 22.7 Å². The molecule has 3 nitrogen and oxygen atoms in total. The molecule has 2 N–H and O–H groups in total. The second-order valence-electron chi connectivity index (χ2n) is 2.78. The van der Waals surface area contributed by atoms with Crippen molar-refractivity contribution in [3.05, 3.63) is 29.8 Å². The highest BCUT2D eigenvalue weighted by molar-refractivity contribution is 5.61. The number of rotatable bonds is 3. The lowest BCUT2D eigenvalue weighted by atomic mass is 10.1. The van der Waals surface area contributed by atoms with Crippen LogP contribution in [0.1, 0.15) is 11.6 Å². The van der Waals surface area contributed by atoms with Crippen LogP contribution in [0.15, 0.2) is 24.3 Å². The second-order valence-corrected chi connectivity index (χ2v) is 2.78. The van der Waals surface area contributed by atoms with Crippen LogP contribution in [0.2, 0.25) is 0 Å². The van der Waals surface area contributed by atoms with E-state index in [1.807, 2.05) is 0 Å². The van der Waals surface area contributed by atoms with Gasteiger partial charge >= 0.3 is 6.36 Å². The zero-order valence-electron chi connectivity index (χ0n) is 7.49. The summed E-state index contributed by atoms with van der Waals surface area (Å²) in [7, 11) is 0. The van der Waals surface area contributed by atoms with Crippen LogP contribution < -0.4 is 10.5 Å². The summed E-state index contributed by atoms with van der Waals surface area (Å²) < 4.78 is 38.9. The predicted octanol–water partition coefficient (Wildman–Crippen LogP) is 1.78. The van der Waals surface area contributed by atoms with Crippen LogP contribution >= 0.6 is 0 Å². The summed E-state index contributed by atoms with van der Waals surface area (Å²) in [5.74, 6) is -0.343. The van der Waals surface area contributed by atoms with Gasteiger partial charge in [-0.2, -0.15) is 0 Å². The molecule has 0 bridgehead atoms. The van der Waals surface area contributed by atoms with Gasteiger partial charge in [-0.25, -0.2) is 0 Å². The Balaban J connectivity index is 2.77. The molecule has 15 heavy (non-hydrogen) atoms. The van der Waals surface area contributed by atoms with Crippen LogP contribution in [-0.2, 0) is 4.79 Å². The zero-order chi connectivity index (χ0) is 11.5. The summed E-state index contributed by atoms with van der Waals surface area (Å²) in [5.41, 5.74) is 5.77. The lowest BCUT2D eigenvalue weighted by Gasteiger charge is -2.09. The zero-order valence-corrected chi connectivity index (χ0v) is 7.49. The molecule has 1 unspecified atom stereocenters. The van der Waals surface area contributed by atoms with E-state index in [-0.39, 0.29) is 5.75 Å². The number of hydrogen-bond donors (Lipinski definition) is 1. The average Bonchev–Trinajstić information content (AvgIpc) is 2.15. The fourth-order valence-corrected chi connectivity index (χ4v) is 0.970. The predicted molar refractivity (Wildman–Crippen MR) is 46.1 cm³/mol. The van der Waals surface area contributed by atoms with Crippen LogP contribution in [0.4, 0.5) is 13.2 Å². The Morgan fingerprint density at radius 3 is 2.20 bits per heavy atom. The largest absolute Gasteiger partial charge is 0.573 e. The number of hydrogen-bond acceptors (Lipinski definition) is 3. The van der Waals surface area contributed by atoms with E-state index in [1.54, 1.807) is 0 Å². The highest BCUT2D eigenvalue weighted by Crippen LogP contribution is 2.23. The highest BCUT2D eigenvalue weighted by atomic mass is 19.4. The van der Waals surface area contributed by atoms with E-state index >= 15 is 0 Å². The first-order valence-corrected chi connectivity index (χ1v) is 3.99. The maximum atomic E-state index is 11.8. The smallest absolute Gasteiger partial charge is 0.406 e. The van der Waals surface area contributed by atoms with Crippen molar-refractivity contribution in [1.82, 2.24) is 0 Å². The topological polar surface area (TPSA) is 52.3 Å². The SMILES string of the molecule is NC(C=O)c1ccc(OC(F)(F)F)cc1. The lowest BCUT2D eigenvalue weighted by Crippen LogP contribution is -2.17. The lowest BCUT2D eigenvalue weighted by molar-refractivity contribution is -0.274. The van der Waals surface area contributed by atoms with Gasteiger partial charge in [-0.3, -0.25) is 0 Å². The molecule has 0 saturated carbocycles. The summed E-state index contributed by atoms with van der Waals surface area (Å²) in [4.78, 5) is 10.3. The molecule has 0 aromatic heterocycles. The molecule has 0 aliphatic rings. The number of alkyl halides is 3. The Hall–Kier alpha value is -1.56. The Morgan fingerprint density at radius 1 is 1.27 bits per heavy atom. The third-order valence-electron chi connectivity index (χ3n) is 1.65. The maximum absolute atomic E-state index is 11.8. The van der Waals surface area contributed by atoms with E-state index in [0.29, 0.717) is 11.8 Å². The third-order valence-corrected chi connectivity index (χ3v) is 1.65. The molecule has 0 radical (unpaired) electrons. The Morgan fingerprint density at radius 2 is 1.80 bits per heavy atom. The molecule has 0 saturated heterocycles. The monoisotopic (exact) mass is 219 g/mol. The number of ether oxygens (including phenoxy) is 1. The van der Waals surface area contributed by atoms with E-state index in [0.717, 1.165) is 12.1 Å². The molecule has 0 fully saturated rings. The Kier molecular flexibility index (Phi) is 3.31. The van der Waals surface area contributed by atoms with Gasteiger partial charge in [-0.05, 0) is 17.7 Å². The van der Waals surface area contributed by atoms with E-state index in [1.165, 1.54) is 12.1 Å². The van der Waals surface area contributed by atoms with Crippen molar-refractivity contribution in [3.8, 4) is 5.75 Å². The van der Waals surface area contributed by atoms with Gasteiger partial charge < -0.3 is 15.3 Å². The fraction of sp³-hybridized carbons (Fsp3) is 0.222. The third kappa shape index (κ3) is 3.59. The average molecular weight is 219 g/mol. The first kappa shape index (κ1) is 11.5. The van der Waals surface area contributed by atoms with Crippen LogP contribution in [0.25, 0.3) is 0 Å². The quantitative estimate of drug-likeness (QED) is 0.788. The van der Waals surface area contributed by atoms with Crippen molar-refractivity contribution in [2.75, 3.05) is 0 Å². The normalized spacial score (nSPS) is 13.3. The van der Waals surface area contributed by atoms with Crippen molar-refractivity contribution in [3.63, 3.8) is 0 Å². The molecule has 0 aliphatic heterocycles. The molecule has 0 aliphatic carbocycles. The first-order valence-electron chi connectivity index (χ1n) is 3.99. The first-order chi connectivity index (χ1) is 6.92.